The van der Waals surface area contributed by atoms with E-state index in [1.807, 2.05) is 0 Å². The molecule has 0 spiro atoms. The molecule has 0 unspecified atom stereocenters. The summed E-state index contributed by atoms with van der Waals surface area (Å²) in [6.07, 6.45) is 2.54. The fourth-order valence-corrected chi connectivity index (χ4v) is 3.21. The van der Waals surface area contributed by atoms with Gasteiger partial charge in [-0.1, -0.05) is 6.92 Å². The molecule has 14 heavy (non-hydrogen) atoms. The van der Waals surface area contributed by atoms with E-state index in [0.717, 1.165) is 12.8 Å². The van der Waals surface area contributed by atoms with Gasteiger partial charge < -0.3 is 5.73 Å². The normalized spacial score (nSPS) is 21.3. The summed E-state index contributed by atoms with van der Waals surface area (Å²) in [4.78, 5) is 0. The molecule has 1 aliphatic rings. The number of hydrogen-bond donors (Lipinski definition) is 1. The highest BCUT2D eigenvalue weighted by Crippen LogP contribution is 2.18. The first-order valence-corrected chi connectivity index (χ1v) is 6.85. The molecule has 0 aromatic heterocycles. The van der Waals surface area contributed by atoms with Gasteiger partial charge in [-0.3, -0.25) is 0 Å². The summed E-state index contributed by atoms with van der Waals surface area (Å²) in [6.45, 7) is 4.00. The Kier molecular flexibility index (Phi) is 4.34. The third-order valence-corrected chi connectivity index (χ3v) is 4.70. The Morgan fingerprint density at radius 2 is 1.93 bits per heavy atom. The van der Waals surface area contributed by atoms with Crippen molar-refractivity contribution in [2.24, 2.45) is 11.7 Å². The molecule has 0 saturated carbocycles. The number of rotatable bonds is 4. The van der Waals surface area contributed by atoms with Crippen LogP contribution in [0.4, 0.5) is 0 Å². The summed E-state index contributed by atoms with van der Waals surface area (Å²) in [6, 6.07) is 0. The van der Waals surface area contributed by atoms with Gasteiger partial charge in [0.15, 0.2) is 0 Å². The van der Waals surface area contributed by atoms with Crippen LogP contribution in [0.25, 0.3) is 0 Å². The average molecular weight is 220 g/mol. The zero-order valence-corrected chi connectivity index (χ0v) is 9.59. The number of hydrogen-bond acceptors (Lipinski definition) is 3. The first kappa shape index (κ1) is 11.9. The maximum absolute atomic E-state index is 11.7. The van der Waals surface area contributed by atoms with Crippen LogP contribution < -0.4 is 5.73 Å². The number of piperidine rings is 1. The van der Waals surface area contributed by atoms with E-state index in [-0.39, 0.29) is 5.75 Å². The van der Waals surface area contributed by atoms with E-state index in [9.17, 15) is 8.42 Å². The van der Waals surface area contributed by atoms with Gasteiger partial charge in [-0.15, -0.1) is 0 Å². The van der Waals surface area contributed by atoms with Gasteiger partial charge in [-0.25, -0.2) is 12.7 Å². The van der Waals surface area contributed by atoms with E-state index < -0.39 is 10.0 Å². The van der Waals surface area contributed by atoms with Gasteiger partial charge in [-0.2, -0.15) is 0 Å². The molecular weight excluding hydrogens is 200 g/mol. The fourth-order valence-electron chi connectivity index (χ4n) is 1.66. The van der Waals surface area contributed by atoms with Crippen LogP contribution in [-0.2, 0) is 10.0 Å². The molecule has 4 nitrogen and oxygen atoms in total. The smallest absolute Gasteiger partial charge is 0.214 e. The highest BCUT2D eigenvalue weighted by atomic mass is 32.2. The molecule has 0 aromatic rings. The summed E-state index contributed by atoms with van der Waals surface area (Å²) >= 11 is 0. The largest absolute Gasteiger partial charge is 0.330 e. The Bertz CT molecular complexity index is 256. The molecule has 1 fully saturated rings. The van der Waals surface area contributed by atoms with Crippen molar-refractivity contribution >= 4 is 10.0 Å². The lowest BCUT2D eigenvalue weighted by Gasteiger charge is -2.29. The summed E-state index contributed by atoms with van der Waals surface area (Å²) in [5, 5.41) is 0. The Morgan fingerprint density at radius 3 is 2.43 bits per heavy atom. The predicted molar refractivity (Wildman–Crippen MR) is 57.4 cm³/mol. The minimum absolute atomic E-state index is 0.206. The average Bonchev–Trinajstić information content (AvgIpc) is 2.16. The van der Waals surface area contributed by atoms with Gasteiger partial charge in [0, 0.05) is 13.1 Å². The van der Waals surface area contributed by atoms with Crippen LogP contribution in [-0.4, -0.2) is 38.1 Å². The molecule has 0 radical (unpaired) electrons. The summed E-state index contributed by atoms with van der Waals surface area (Å²) < 4.78 is 25.1. The Balaban J connectivity index is 2.47. The molecule has 1 rings (SSSR count). The molecule has 2 N–H and O–H groups in total. The van der Waals surface area contributed by atoms with Crippen molar-refractivity contribution in [3.05, 3.63) is 0 Å². The van der Waals surface area contributed by atoms with E-state index >= 15 is 0 Å². The van der Waals surface area contributed by atoms with Crippen LogP contribution in [0.3, 0.4) is 0 Å². The molecular formula is C9H20N2O2S. The summed E-state index contributed by atoms with van der Waals surface area (Å²) in [5.74, 6) is 0.869. The number of sulfonamides is 1. The van der Waals surface area contributed by atoms with Gasteiger partial charge in [0.1, 0.15) is 0 Å². The molecule has 0 bridgehead atoms. The molecule has 0 aliphatic carbocycles. The summed E-state index contributed by atoms with van der Waals surface area (Å²) in [7, 11) is -3.02. The van der Waals surface area contributed by atoms with Crippen LogP contribution in [0.2, 0.25) is 0 Å². The van der Waals surface area contributed by atoms with Crippen molar-refractivity contribution in [1.82, 2.24) is 4.31 Å². The van der Waals surface area contributed by atoms with Crippen molar-refractivity contribution in [3.63, 3.8) is 0 Å². The zero-order chi connectivity index (χ0) is 10.6. The van der Waals surface area contributed by atoms with Crippen molar-refractivity contribution in [2.75, 3.05) is 25.4 Å². The maximum Gasteiger partial charge on any atom is 0.214 e. The molecule has 0 aromatic carbocycles. The SMILES string of the molecule is CC1CCN(S(=O)(=O)CCCN)CC1. The molecule has 84 valence electrons. The van der Waals surface area contributed by atoms with Gasteiger partial charge in [0.25, 0.3) is 0 Å². The van der Waals surface area contributed by atoms with Gasteiger partial charge in [0.2, 0.25) is 10.0 Å². The lowest BCUT2D eigenvalue weighted by molar-refractivity contribution is 0.288. The van der Waals surface area contributed by atoms with Crippen LogP contribution in [0, 0.1) is 5.92 Å². The summed E-state index contributed by atoms with van der Waals surface area (Å²) in [5.41, 5.74) is 5.30. The van der Waals surface area contributed by atoms with Crippen LogP contribution >= 0.6 is 0 Å². The highest BCUT2D eigenvalue weighted by Gasteiger charge is 2.25. The lowest BCUT2D eigenvalue weighted by Crippen LogP contribution is -2.39. The minimum atomic E-state index is -3.02. The third-order valence-electron chi connectivity index (χ3n) is 2.74. The van der Waals surface area contributed by atoms with Crippen molar-refractivity contribution in [3.8, 4) is 0 Å². The van der Waals surface area contributed by atoms with E-state index in [1.165, 1.54) is 0 Å². The zero-order valence-electron chi connectivity index (χ0n) is 8.78. The Labute approximate surface area is 86.5 Å². The Morgan fingerprint density at radius 1 is 1.36 bits per heavy atom. The maximum atomic E-state index is 11.7. The molecule has 1 aliphatic heterocycles. The van der Waals surface area contributed by atoms with Crippen LogP contribution in [0.5, 0.6) is 0 Å². The van der Waals surface area contributed by atoms with E-state index in [2.05, 4.69) is 6.92 Å². The van der Waals surface area contributed by atoms with E-state index in [0.29, 0.717) is 32.0 Å². The van der Waals surface area contributed by atoms with Crippen LogP contribution in [0.1, 0.15) is 26.2 Å². The number of nitrogens with zero attached hydrogens (tertiary/aromatic N) is 1. The quantitative estimate of drug-likeness (QED) is 0.746. The standard InChI is InChI=1S/C9H20N2O2S/c1-9-3-6-11(7-4-9)14(12,13)8-2-5-10/h9H,2-8,10H2,1H3. The minimum Gasteiger partial charge on any atom is -0.330 e. The van der Waals surface area contributed by atoms with Gasteiger partial charge >= 0.3 is 0 Å². The highest BCUT2D eigenvalue weighted by molar-refractivity contribution is 7.89. The lowest BCUT2D eigenvalue weighted by atomic mass is 10.0. The Hall–Kier alpha value is -0.130. The molecule has 5 heteroatoms. The molecule has 0 atom stereocenters. The van der Waals surface area contributed by atoms with Crippen LogP contribution in [0.15, 0.2) is 0 Å². The van der Waals surface area contributed by atoms with E-state index in [1.54, 1.807) is 4.31 Å². The molecule has 0 amide bonds. The second-order valence-electron chi connectivity index (χ2n) is 4.04. The first-order valence-electron chi connectivity index (χ1n) is 5.24. The second kappa shape index (κ2) is 5.09. The van der Waals surface area contributed by atoms with Gasteiger partial charge in [-0.05, 0) is 31.7 Å². The van der Waals surface area contributed by atoms with Gasteiger partial charge in [0.05, 0.1) is 5.75 Å². The monoisotopic (exact) mass is 220 g/mol. The first-order chi connectivity index (χ1) is 6.56. The van der Waals surface area contributed by atoms with Crippen molar-refractivity contribution < 1.29 is 8.42 Å². The molecule has 1 saturated heterocycles. The fraction of sp³-hybridized carbons (Fsp3) is 1.00. The van der Waals surface area contributed by atoms with E-state index in [4.69, 9.17) is 5.73 Å². The predicted octanol–water partition coefficient (Wildman–Crippen LogP) is 0.397. The molecule has 1 heterocycles. The number of nitrogens with two attached hydrogens (primary N) is 1. The van der Waals surface area contributed by atoms with Crippen molar-refractivity contribution in [1.29, 1.82) is 0 Å². The van der Waals surface area contributed by atoms with Crippen molar-refractivity contribution in [2.45, 2.75) is 26.2 Å². The second-order valence-corrected chi connectivity index (χ2v) is 6.13. The topological polar surface area (TPSA) is 63.4 Å². The third kappa shape index (κ3) is 3.22.